The fraction of sp³-hybridized carbons (Fsp3) is 0.278. The first kappa shape index (κ1) is 13.7. The second kappa shape index (κ2) is 5.60. The fourth-order valence-corrected chi connectivity index (χ4v) is 2.85. The standard InChI is InChI=1S/C18H20N2O/c1-13-6-5-8-16(12-13)19-14(2)18(21)20-11-10-15-7-3-4-9-17(15)20/h3-9,12,14,19H,10-11H2,1-2H3. The van der Waals surface area contributed by atoms with Crippen molar-refractivity contribution < 1.29 is 4.79 Å². The Labute approximate surface area is 125 Å². The van der Waals surface area contributed by atoms with Gasteiger partial charge in [-0.1, -0.05) is 30.3 Å². The molecule has 3 heteroatoms. The number of aryl methyl sites for hydroxylation is 1. The van der Waals surface area contributed by atoms with Gasteiger partial charge in [0.15, 0.2) is 0 Å². The molecule has 0 aliphatic carbocycles. The molecule has 2 aromatic rings. The molecule has 1 heterocycles. The Bertz CT molecular complexity index is 666. The summed E-state index contributed by atoms with van der Waals surface area (Å²) in [5, 5.41) is 3.30. The smallest absolute Gasteiger partial charge is 0.249 e. The third kappa shape index (κ3) is 2.77. The number of nitrogens with zero attached hydrogens (tertiary/aromatic N) is 1. The van der Waals surface area contributed by atoms with Crippen LogP contribution in [0.4, 0.5) is 11.4 Å². The summed E-state index contributed by atoms with van der Waals surface area (Å²) in [4.78, 5) is 14.6. The van der Waals surface area contributed by atoms with Crippen LogP contribution in [-0.4, -0.2) is 18.5 Å². The van der Waals surface area contributed by atoms with Gasteiger partial charge >= 0.3 is 0 Å². The van der Waals surface area contributed by atoms with Crippen molar-refractivity contribution in [2.75, 3.05) is 16.8 Å². The summed E-state index contributed by atoms with van der Waals surface area (Å²) in [6.45, 7) is 4.75. The van der Waals surface area contributed by atoms with Gasteiger partial charge in [-0.2, -0.15) is 0 Å². The first-order valence-corrected chi connectivity index (χ1v) is 7.37. The van der Waals surface area contributed by atoms with E-state index in [-0.39, 0.29) is 11.9 Å². The summed E-state index contributed by atoms with van der Waals surface area (Å²) in [5.41, 5.74) is 4.49. The summed E-state index contributed by atoms with van der Waals surface area (Å²) in [7, 11) is 0. The molecular formula is C18H20N2O. The van der Waals surface area contributed by atoms with Gasteiger partial charge < -0.3 is 10.2 Å². The van der Waals surface area contributed by atoms with E-state index >= 15 is 0 Å². The third-order valence-corrected chi connectivity index (χ3v) is 3.92. The lowest BCUT2D eigenvalue weighted by Gasteiger charge is -2.23. The Morgan fingerprint density at radius 2 is 2.00 bits per heavy atom. The largest absolute Gasteiger partial charge is 0.374 e. The number of carbonyl (C=O) groups excluding carboxylic acids is 1. The van der Waals surface area contributed by atoms with E-state index in [0.717, 1.165) is 24.3 Å². The summed E-state index contributed by atoms with van der Waals surface area (Å²) < 4.78 is 0. The molecule has 3 nitrogen and oxygen atoms in total. The van der Waals surface area contributed by atoms with Crippen molar-refractivity contribution in [2.45, 2.75) is 26.3 Å². The number of carbonyl (C=O) groups is 1. The number of hydrogen-bond acceptors (Lipinski definition) is 2. The van der Waals surface area contributed by atoms with Crippen molar-refractivity contribution in [3.8, 4) is 0 Å². The Hall–Kier alpha value is -2.29. The number of amides is 1. The van der Waals surface area contributed by atoms with E-state index < -0.39 is 0 Å². The van der Waals surface area contributed by atoms with Gasteiger partial charge in [0.2, 0.25) is 5.91 Å². The molecule has 0 fully saturated rings. The summed E-state index contributed by atoms with van der Waals surface area (Å²) >= 11 is 0. The van der Waals surface area contributed by atoms with Gasteiger partial charge in [-0.05, 0) is 49.6 Å². The number of benzene rings is 2. The molecular weight excluding hydrogens is 260 g/mol. The lowest BCUT2D eigenvalue weighted by Crippen LogP contribution is -2.40. The van der Waals surface area contributed by atoms with E-state index in [2.05, 4.69) is 17.4 Å². The fourth-order valence-electron chi connectivity index (χ4n) is 2.85. The summed E-state index contributed by atoms with van der Waals surface area (Å²) in [6.07, 6.45) is 0.944. The summed E-state index contributed by atoms with van der Waals surface area (Å²) in [6, 6.07) is 16.0. The van der Waals surface area contributed by atoms with Crippen molar-refractivity contribution in [1.29, 1.82) is 0 Å². The maximum Gasteiger partial charge on any atom is 0.249 e. The van der Waals surface area contributed by atoms with Crippen LogP contribution >= 0.6 is 0 Å². The Morgan fingerprint density at radius 1 is 1.19 bits per heavy atom. The first-order valence-electron chi connectivity index (χ1n) is 7.37. The minimum atomic E-state index is -0.238. The molecule has 0 saturated carbocycles. The van der Waals surface area contributed by atoms with E-state index in [4.69, 9.17) is 0 Å². The van der Waals surface area contributed by atoms with Gasteiger partial charge in [0.25, 0.3) is 0 Å². The first-order chi connectivity index (χ1) is 10.1. The van der Waals surface area contributed by atoms with Gasteiger partial charge in [0, 0.05) is 17.9 Å². The minimum absolute atomic E-state index is 0.126. The van der Waals surface area contributed by atoms with Gasteiger partial charge in [0.05, 0.1) is 0 Å². The molecule has 1 aliphatic rings. The SMILES string of the molecule is Cc1cccc(NC(C)C(=O)N2CCc3ccccc32)c1. The lowest BCUT2D eigenvalue weighted by molar-refractivity contribution is -0.118. The molecule has 0 aromatic heterocycles. The van der Waals surface area contributed by atoms with Crippen LogP contribution in [0.15, 0.2) is 48.5 Å². The molecule has 0 radical (unpaired) electrons. The van der Waals surface area contributed by atoms with Crippen molar-refractivity contribution in [1.82, 2.24) is 0 Å². The molecule has 108 valence electrons. The number of fused-ring (bicyclic) bond motifs is 1. The molecule has 1 aliphatic heterocycles. The summed E-state index contributed by atoms with van der Waals surface area (Å²) in [5.74, 6) is 0.126. The molecule has 1 unspecified atom stereocenters. The van der Waals surface area contributed by atoms with Crippen molar-refractivity contribution >= 4 is 17.3 Å². The lowest BCUT2D eigenvalue weighted by atomic mass is 10.1. The number of para-hydroxylation sites is 1. The predicted molar refractivity (Wildman–Crippen MR) is 86.8 cm³/mol. The molecule has 1 atom stereocenters. The monoisotopic (exact) mass is 280 g/mol. The van der Waals surface area contributed by atoms with Gasteiger partial charge in [-0.25, -0.2) is 0 Å². The van der Waals surface area contributed by atoms with Crippen molar-refractivity contribution in [2.24, 2.45) is 0 Å². The number of nitrogens with one attached hydrogen (secondary N) is 1. The van der Waals surface area contributed by atoms with Gasteiger partial charge in [-0.3, -0.25) is 4.79 Å². The average Bonchev–Trinajstić information content (AvgIpc) is 2.90. The molecule has 3 rings (SSSR count). The van der Waals surface area contributed by atoms with Crippen LogP contribution in [0.25, 0.3) is 0 Å². The van der Waals surface area contributed by atoms with E-state index in [1.165, 1.54) is 11.1 Å². The van der Waals surface area contributed by atoms with E-state index in [9.17, 15) is 4.79 Å². The van der Waals surface area contributed by atoms with Crippen LogP contribution < -0.4 is 10.2 Å². The highest BCUT2D eigenvalue weighted by molar-refractivity contribution is 6.00. The van der Waals surface area contributed by atoms with E-state index in [0.29, 0.717) is 0 Å². The predicted octanol–water partition coefficient (Wildman–Crippen LogP) is 3.38. The van der Waals surface area contributed by atoms with Crippen LogP contribution in [0, 0.1) is 6.92 Å². The maximum atomic E-state index is 12.7. The normalized spacial score (nSPS) is 14.7. The zero-order chi connectivity index (χ0) is 14.8. The maximum absolute atomic E-state index is 12.7. The molecule has 2 aromatic carbocycles. The third-order valence-electron chi connectivity index (χ3n) is 3.92. The highest BCUT2D eigenvalue weighted by atomic mass is 16.2. The number of hydrogen-bond donors (Lipinski definition) is 1. The Balaban J connectivity index is 1.74. The van der Waals surface area contributed by atoms with E-state index in [1.807, 2.05) is 55.1 Å². The minimum Gasteiger partial charge on any atom is -0.374 e. The highest BCUT2D eigenvalue weighted by Crippen LogP contribution is 2.28. The average molecular weight is 280 g/mol. The Kier molecular flexibility index (Phi) is 3.65. The molecule has 0 saturated heterocycles. The molecule has 0 bridgehead atoms. The molecule has 1 N–H and O–H groups in total. The molecule has 21 heavy (non-hydrogen) atoms. The Morgan fingerprint density at radius 3 is 2.81 bits per heavy atom. The molecule has 0 spiro atoms. The van der Waals surface area contributed by atoms with Crippen molar-refractivity contribution in [3.05, 3.63) is 59.7 Å². The quantitative estimate of drug-likeness (QED) is 0.934. The van der Waals surface area contributed by atoms with Crippen LogP contribution in [-0.2, 0) is 11.2 Å². The van der Waals surface area contributed by atoms with Crippen LogP contribution in [0.5, 0.6) is 0 Å². The number of anilines is 2. The van der Waals surface area contributed by atoms with Crippen LogP contribution in [0.1, 0.15) is 18.1 Å². The topological polar surface area (TPSA) is 32.3 Å². The zero-order valence-electron chi connectivity index (χ0n) is 12.5. The van der Waals surface area contributed by atoms with Crippen LogP contribution in [0.2, 0.25) is 0 Å². The van der Waals surface area contributed by atoms with Gasteiger partial charge in [0.1, 0.15) is 6.04 Å². The van der Waals surface area contributed by atoms with E-state index in [1.54, 1.807) is 0 Å². The highest BCUT2D eigenvalue weighted by Gasteiger charge is 2.27. The zero-order valence-corrected chi connectivity index (χ0v) is 12.5. The molecule has 1 amide bonds. The number of rotatable bonds is 3. The van der Waals surface area contributed by atoms with Crippen LogP contribution in [0.3, 0.4) is 0 Å². The second-order valence-corrected chi connectivity index (χ2v) is 5.60. The van der Waals surface area contributed by atoms with Crippen molar-refractivity contribution in [3.63, 3.8) is 0 Å². The second-order valence-electron chi connectivity index (χ2n) is 5.60. The van der Waals surface area contributed by atoms with Gasteiger partial charge in [-0.15, -0.1) is 0 Å².